The first-order valence-corrected chi connectivity index (χ1v) is 8.22. The number of carbonyl (C=O) groups excluding carboxylic acids is 1. The maximum Gasteiger partial charge on any atom is 0.322 e. The second kappa shape index (κ2) is 6.62. The van der Waals surface area contributed by atoms with Gasteiger partial charge in [0.1, 0.15) is 0 Å². The molecule has 2 aromatic rings. The number of carbonyl (C=O) groups is 1. The van der Waals surface area contributed by atoms with Crippen molar-refractivity contribution >= 4 is 23.3 Å². The molecule has 1 aliphatic heterocycles. The molecular formula is C17H20ClN3O2. The van der Waals surface area contributed by atoms with Gasteiger partial charge in [0.2, 0.25) is 0 Å². The van der Waals surface area contributed by atoms with Gasteiger partial charge in [-0.2, -0.15) is 0 Å². The Morgan fingerprint density at radius 3 is 2.91 bits per heavy atom. The molecule has 0 unspecified atom stereocenters. The highest BCUT2D eigenvalue weighted by Gasteiger charge is 2.33. The van der Waals surface area contributed by atoms with Crippen molar-refractivity contribution in [3.05, 3.63) is 46.8 Å². The number of halogens is 1. The van der Waals surface area contributed by atoms with Crippen molar-refractivity contribution in [1.82, 2.24) is 10.1 Å². The summed E-state index contributed by atoms with van der Waals surface area (Å²) in [6, 6.07) is 8.94. The van der Waals surface area contributed by atoms with Gasteiger partial charge in [-0.1, -0.05) is 42.7 Å². The lowest BCUT2D eigenvalue weighted by Crippen LogP contribution is -2.34. The number of nitrogens with one attached hydrogen (secondary N) is 1. The molecule has 3 rings (SSSR count). The molecule has 0 bridgehead atoms. The molecule has 2 amide bonds. The van der Waals surface area contributed by atoms with E-state index in [2.05, 4.69) is 24.3 Å². The Balaban J connectivity index is 1.75. The lowest BCUT2D eigenvalue weighted by Gasteiger charge is -2.23. The quantitative estimate of drug-likeness (QED) is 0.876. The van der Waals surface area contributed by atoms with Crippen molar-refractivity contribution < 1.29 is 9.32 Å². The number of aromatic nitrogens is 1. The van der Waals surface area contributed by atoms with Crippen molar-refractivity contribution in [1.29, 1.82) is 0 Å². The van der Waals surface area contributed by atoms with Crippen molar-refractivity contribution in [3.8, 4) is 0 Å². The molecule has 1 saturated heterocycles. The Morgan fingerprint density at radius 2 is 2.22 bits per heavy atom. The smallest absolute Gasteiger partial charge is 0.322 e. The predicted molar refractivity (Wildman–Crippen MR) is 89.7 cm³/mol. The van der Waals surface area contributed by atoms with Crippen LogP contribution in [0.15, 0.2) is 34.9 Å². The van der Waals surface area contributed by atoms with E-state index in [0.29, 0.717) is 23.2 Å². The van der Waals surface area contributed by atoms with E-state index in [4.69, 9.17) is 16.1 Å². The zero-order valence-electron chi connectivity index (χ0n) is 13.3. The first kappa shape index (κ1) is 15.9. The predicted octanol–water partition coefficient (Wildman–Crippen LogP) is 4.82. The molecule has 1 N–H and O–H groups in total. The monoisotopic (exact) mass is 333 g/mol. The topological polar surface area (TPSA) is 58.4 Å². The average molecular weight is 334 g/mol. The first-order chi connectivity index (χ1) is 11.1. The van der Waals surface area contributed by atoms with Gasteiger partial charge in [0, 0.05) is 12.6 Å². The molecule has 6 heteroatoms. The van der Waals surface area contributed by atoms with Crippen LogP contribution in [-0.2, 0) is 0 Å². The molecule has 1 aromatic carbocycles. The van der Waals surface area contributed by atoms with Crippen LogP contribution < -0.4 is 5.32 Å². The fourth-order valence-electron chi connectivity index (χ4n) is 2.79. The molecule has 122 valence electrons. The van der Waals surface area contributed by atoms with Crippen molar-refractivity contribution in [2.24, 2.45) is 0 Å². The summed E-state index contributed by atoms with van der Waals surface area (Å²) in [4.78, 5) is 14.4. The molecule has 0 aliphatic carbocycles. The van der Waals surface area contributed by atoms with Gasteiger partial charge in [-0.25, -0.2) is 4.79 Å². The van der Waals surface area contributed by atoms with E-state index in [1.54, 1.807) is 17.0 Å². The van der Waals surface area contributed by atoms with E-state index in [9.17, 15) is 4.79 Å². The summed E-state index contributed by atoms with van der Waals surface area (Å²) >= 11 is 6.10. The lowest BCUT2D eigenvalue weighted by molar-refractivity contribution is 0.195. The molecule has 0 radical (unpaired) electrons. The highest BCUT2D eigenvalue weighted by atomic mass is 35.5. The summed E-state index contributed by atoms with van der Waals surface area (Å²) in [6.45, 7) is 4.83. The fraction of sp³-hybridized carbons (Fsp3) is 0.412. The number of hydrogen-bond acceptors (Lipinski definition) is 3. The number of anilines is 1. The summed E-state index contributed by atoms with van der Waals surface area (Å²) < 4.78 is 5.47. The van der Waals surface area contributed by atoms with Gasteiger partial charge in [-0.05, 0) is 30.9 Å². The van der Waals surface area contributed by atoms with Crippen LogP contribution in [0.1, 0.15) is 50.1 Å². The number of nitrogens with zero attached hydrogens (tertiary/aromatic N) is 2. The minimum absolute atomic E-state index is 0.0718. The molecule has 5 nitrogen and oxygen atoms in total. The Bertz CT molecular complexity index is 699. The number of para-hydroxylation sites is 1. The largest absolute Gasteiger partial charge is 0.359 e. The van der Waals surface area contributed by atoms with E-state index in [-0.39, 0.29) is 12.1 Å². The Morgan fingerprint density at radius 1 is 1.43 bits per heavy atom. The molecule has 1 aliphatic rings. The Hall–Kier alpha value is -2.01. The van der Waals surface area contributed by atoms with Crippen LogP contribution in [0.3, 0.4) is 0 Å². The summed E-state index contributed by atoms with van der Waals surface area (Å²) in [5, 5.41) is 7.50. The van der Waals surface area contributed by atoms with Crippen molar-refractivity contribution in [3.63, 3.8) is 0 Å². The lowest BCUT2D eigenvalue weighted by atomic mass is 10.1. The molecule has 23 heavy (non-hydrogen) atoms. The standard InChI is InChI=1S/C17H20ClN3O2/c1-11(2)14-10-16(23-20-14)15-8-5-9-21(15)17(22)19-13-7-4-3-6-12(13)18/h3-4,6-7,10-11,15H,5,8-9H2,1-2H3,(H,19,22)/t15-/m0/s1. The minimum Gasteiger partial charge on any atom is -0.359 e. The van der Waals surface area contributed by atoms with Gasteiger partial charge in [0.05, 0.1) is 22.4 Å². The molecule has 2 heterocycles. The molecule has 1 aromatic heterocycles. The second-order valence-electron chi connectivity index (χ2n) is 6.07. The van der Waals surface area contributed by atoms with E-state index >= 15 is 0 Å². The van der Waals surface area contributed by atoms with Crippen LogP contribution in [0.4, 0.5) is 10.5 Å². The third-order valence-corrected chi connectivity index (χ3v) is 4.43. The van der Waals surface area contributed by atoms with Crippen molar-refractivity contribution in [2.45, 2.75) is 38.6 Å². The van der Waals surface area contributed by atoms with Gasteiger partial charge in [0.25, 0.3) is 0 Å². The van der Waals surface area contributed by atoms with E-state index in [1.165, 1.54) is 0 Å². The Kier molecular flexibility index (Phi) is 4.57. The van der Waals surface area contributed by atoms with Gasteiger partial charge in [0.15, 0.2) is 5.76 Å². The van der Waals surface area contributed by atoms with Crippen LogP contribution in [0.5, 0.6) is 0 Å². The zero-order valence-corrected chi connectivity index (χ0v) is 14.0. The number of amides is 2. The highest BCUT2D eigenvalue weighted by Crippen LogP contribution is 2.34. The molecular weight excluding hydrogens is 314 g/mol. The van der Waals surface area contributed by atoms with Crippen LogP contribution in [0.25, 0.3) is 0 Å². The van der Waals surface area contributed by atoms with E-state index in [1.807, 2.05) is 18.2 Å². The number of urea groups is 1. The van der Waals surface area contributed by atoms with Crippen molar-refractivity contribution in [2.75, 3.05) is 11.9 Å². The summed E-state index contributed by atoms with van der Waals surface area (Å²) in [6.07, 6.45) is 1.82. The number of hydrogen-bond donors (Lipinski definition) is 1. The van der Waals surface area contributed by atoms with Crippen LogP contribution in [0.2, 0.25) is 5.02 Å². The van der Waals surface area contributed by atoms with Gasteiger partial charge in [-0.15, -0.1) is 0 Å². The maximum absolute atomic E-state index is 12.6. The molecule has 1 atom stereocenters. The highest BCUT2D eigenvalue weighted by molar-refractivity contribution is 6.33. The van der Waals surface area contributed by atoms with Gasteiger partial charge < -0.3 is 14.7 Å². The summed E-state index contributed by atoms with van der Waals surface area (Å²) in [5.41, 5.74) is 1.53. The Labute approximate surface area is 140 Å². The second-order valence-corrected chi connectivity index (χ2v) is 6.48. The normalized spacial score (nSPS) is 17.7. The molecule has 0 spiro atoms. The average Bonchev–Trinajstić information content (AvgIpc) is 3.17. The van der Waals surface area contributed by atoms with Gasteiger partial charge in [-0.3, -0.25) is 0 Å². The van der Waals surface area contributed by atoms with Crippen LogP contribution in [0, 0.1) is 0 Å². The number of rotatable bonds is 3. The van der Waals surface area contributed by atoms with Crippen LogP contribution in [-0.4, -0.2) is 22.6 Å². The number of likely N-dealkylation sites (tertiary alicyclic amines) is 1. The minimum atomic E-state index is -0.164. The fourth-order valence-corrected chi connectivity index (χ4v) is 2.97. The summed E-state index contributed by atoms with van der Waals surface area (Å²) in [7, 11) is 0. The van der Waals surface area contributed by atoms with E-state index < -0.39 is 0 Å². The van der Waals surface area contributed by atoms with E-state index in [0.717, 1.165) is 24.3 Å². The maximum atomic E-state index is 12.6. The molecule has 1 fully saturated rings. The third kappa shape index (κ3) is 3.34. The van der Waals surface area contributed by atoms with Crippen LogP contribution >= 0.6 is 11.6 Å². The first-order valence-electron chi connectivity index (χ1n) is 7.85. The zero-order chi connectivity index (χ0) is 16.4. The van der Waals surface area contributed by atoms with Gasteiger partial charge >= 0.3 is 6.03 Å². The SMILES string of the molecule is CC(C)c1cc([C@@H]2CCCN2C(=O)Nc2ccccc2Cl)on1. The number of benzene rings is 1. The summed E-state index contributed by atoms with van der Waals surface area (Å²) in [5.74, 6) is 1.06. The molecule has 0 saturated carbocycles. The third-order valence-electron chi connectivity index (χ3n) is 4.10.